The Morgan fingerprint density at radius 2 is 1.52 bits per heavy atom. The standard InChI is InChI=1S/C40H47N4O9P/c1-27(2)44(28(3)4)54(51-24-10-22-41)53-36-35-37(43-23-21-34(45)42-38(43)46)52-39(36,25-49-35)26-50-40(29-11-8-7-9-12-29,30-13-17-32(47-5)18-14-30)31-15-19-33(48-6)20-16-31/h7-9,11-21,23,27-28,35-37H,10,24-26H2,1-6H3,(H,42,45,46). The van der Waals surface area contributed by atoms with Crippen LogP contribution in [0.5, 0.6) is 11.5 Å². The van der Waals surface area contributed by atoms with Crippen LogP contribution in [0, 0.1) is 11.3 Å². The largest absolute Gasteiger partial charge is 0.497 e. The van der Waals surface area contributed by atoms with Gasteiger partial charge in [-0.1, -0.05) is 54.6 Å². The Hall–Kier alpha value is -4.38. The molecule has 0 aliphatic carbocycles. The Morgan fingerprint density at radius 3 is 2.06 bits per heavy atom. The maximum Gasteiger partial charge on any atom is 0.330 e. The van der Waals surface area contributed by atoms with Gasteiger partial charge in [0.15, 0.2) is 6.23 Å². The van der Waals surface area contributed by atoms with Gasteiger partial charge in [0.05, 0.1) is 46.5 Å². The van der Waals surface area contributed by atoms with Gasteiger partial charge in [-0.3, -0.25) is 14.3 Å². The first-order valence-corrected chi connectivity index (χ1v) is 19.0. The van der Waals surface area contributed by atoms with Crippen molar-refractivity contribution in [3.8, 4) is 17.6 Å². The summed E-state index contributed by atoms with van der Waals surface area (Å²) in [5, 5.41) is 9.34. The van der Waals surface area contributed by atoms with Crippen molar-refractivity contribution in [1.29, 1.82) is 5.26 Å². The van der Waals surface area contributed by atoms with E-state index in [4.69, 9.17) is 32.7 Å². The molecule has 54 heavy (non-hydrogen) atoms. The molecule has 286 valence electrons. The Morgan fingerprint density at radius 1 is 0.926 bits per heavy atom. The molecule has 2 saturated heterocycles. The average molecular weight is 759 g/mol. The normalized spacial score (nSPS) is 21.4. The van der Waals surface area contributed by atoms with E-state index in [0.29, 0.717) is 11.5 Å². The molecule has 0 amide bonds. The number of methoxy groups -OCH3 is 2. The average Bonchev–Trinajstić information content (AvgIpc) is 3.66. The van der Waals surface area contributed by atoms with Gasteiger partial charge in [-0.25, -0.2) is 9.46 Å². The van der Waals surface area contributed by atoms with Crippen molar-refractivity contribution in [3.63, 3.8) is 0 Å². The van der Waals surface area contributed by atoms with E-state index in [0.717, 1.165) is 16.7 Å². The van der Waals surface area contributed by atoms with Crippen LogP contribution in [-0.4, -0.2) is 78.2 Å². The van der Waals surface area contributed by atoms with Crippen molar-refractivity contribution in [2.75, 3.05) is 34.0 Å². The number of fused-ring (bicyclic) bond motifs is 2. The highest BCUT2D eigenvalue weighted by Gasteiger charge is 2.65. The van der Waals surface area contributed by atoms with Crippen LogP contribution in [0.4, 0.5) is 0 Å². The summed E-state index contributed by atoms with van der Waals surface area (Å²) in [6.45, 7) is 8.42. The number of nitrogens with one attached hydrogen (secondary N) is 1. The Kier molecular flexibility index (Phi) is 12.4. The molecule has 2 aliphatic rings. The maximum absolute atomic E-state index is 13.2. The van der Waals surface area contributed by atoms with Crippen LogP contribution in [0.15, 0.2) is 101 Å². The van der Waals surface area contributed by atoms with E-state index in [1.54, 1.807) is 14.2 Å². The summed E-state index contributed by atoms with van der Waals surface area (Å²) in [4.78, 5) is 27.6. The summed E-state index contributed by atoms with van der Waals surface area (Å²) in [7, 11) is 1.48. The molecular formula is C40H47N4O9P. The molecule has 6 rings (SSSR count). The quantitative estimate of drug-likeness (QED) is 0.0782. The van der Waals surface area contributed by atoms with Gasteiger partial charge in [-0.05, 0) is 68.7 Å². The fourth-order valence-corrected chi connectivity index (χ4v) is 9.01. The first kappa shape index (κ1) is 39.3. The Balaban J connectivity index is 1.48. The van der Waals surface area contributed by atoms with Gasteiger partial charge in [-0.2, -0.15) is 5.26 Å². The van der Waals surface area contributed by atoms with Crippen LogP contribution in [0.2, 0.25) is 0 Å². The summed E-state index contributed by atoms with van der Waals surface area (Å²) >= 11 is 0. The number of rotatable bonds is 17. The summed E-state index contributed by atoms with van der Waals surface area (Å²) in [5.41, 5.74) is -1.13. The molecule has 3 heterocycles. The SMILES string of the molecule is COc1ccc(C(OCC23COC(C(n4ccc(=O)[nH]c4=O)O2)C3OP(OCCC#N)N(C(C)C)C(C)C)(c2ccccc2)c2ccc(OC)cc2)cc1. The number of hydrogen-bond acceptors (Lipinski definition) is 11. The zero-order valence-electron chi connectivity index (χ0n) is 31.3. The van der Waals surface area contributed by atoms with Gasteiger partial charge in [0.2, 0.25) is 0 Å². The van der Waals surface area contributed by atoms with Crippen molar-refractivity contribution in [2.24, 2.45) is 0 Å². The summed E-state index contributed by atoms with van der Waals surface area (Å²) in [6.07, 6.45) is -0.968. The van der Waals surface area contributed by atoms with Crippen LogP contribution in [0.3, 0.4) is 0 Å². The van der Waals surface area contributed by atoms with Gasteiger partial charge < -0.3 is 32.7 Å². The van der Waals surface area contributed by atoms with E-state index in [9.17, 15) is 14.9 Å². The number of hydrogen-bond donors (Lipinski definition) is 1. The zero-order chi connectivity index (χ0) is 38.5. The fourth-order valence-electron chi connectivity index (χ4n) is 7.20. The highest BCUT2D eigenvalue weighted by atomic mass is 31.2. The van der Waals surface area contributed by atoms with E-state index in [1.165, 1.54) is 16.8 Å². The molecule has 0 saturated carbocycles. The predicted molar refractivity (Wildman–Crippen MR) is 202 cm³/mol. The minimum Gasteiger partial charge on any atom is -0.497 e. The lowest BCUT2D eigenvalue weighted by Crippen LogP contribution is -2.49. The molecule has 2 aliphatic heterocycles. The molecule has 13 nitrogen and oxygen atoms in total. The predicted octanol–water partition coefficient (Wildman–Crippen LogP) is 5.89. The lowest BCUT2D eigenvalue weighted by Gasteiger charge is -2.41. The minimum atomic E-state index is -1.76. The number of ether oxygens (including phenoxy) is 5. The molecule has 1 N–H and O–H groups in total. The smallest absolute Gasteiger partial charge is 0.330 e. The summed E-state index contributed by atoms with van der Waals surface area (Å²) < 4.78 is 48.5. The van der Waals surface area contributed by atoms with Gasteiger partial charge in [-0.15, -0.1) is 0 Å². The van der Waals surface area contributed by atoms with Crippen LogP contribution in [0.1, 0.15) is 57.0 Å². The molecule has 3 aromatic carbocycles. The summed E-state index contributed by atoms with van der Waals surface area (Å²) in [5.74, 6) is 1.37. The first-order chi connectivity index (χ1) is 26.1. The lowest BCUT2D eigenvalue weighted by molar-refractivity contribution is -0.203. The number of benzene rings is 3. The van der Waals surface area contributed by atoms with Crippen LogP contribution >= 0.6 is 8.53 Å². The maximum atomic E-state index is 13.2. The number of H-pyrrole nitrogens is 1. The molecule has 0 radical (unpaired) electrons. The topological polar surface area (TPSA) is 147 Å². The van der Waals surface area contributed by atoms with E-state index < -0.39 is 49.4 Å². The fraction of sp³-hybridized carbons (Fsp3) is 0.425. The summed E-state index contributed by atoms with van der Waals surface area (Å²) in [6, 6.07) is 28.8. The third-order valence-corrected chi connectivity index (χ3v) is 11.8. The van der Waals surface area contributed by atoms with Crippen LogP contribution in [0.25, 0.3) is 0 Å². The second-order valence-electron chi connectivity index (χ2n) is 13.7. The molecule has 4 aromatic rings. The van der Waals surface area contributed by atoms with Crippen molar-refractivity contribution in [3.05, 3.63) is 129 Å². The molecule has 2 bridgehead atoms. The number of nitrogens with zero attached hydrogens (tertiary/aromatic N) is 3. The Labute approximate surface area is 316 Å². The number of aromatic nitrogens is 2. The van der Waals surface area contributed by atoms with Crippen molar-refractivity contribution < 1.29 is 32.7 Å². The van der Waals surface area contributed by atoms with E-state index in [-0.39, 0.29) is 38.3 Å². The second kappa shape index (κ2) is 17.0. The number of nitriles is 1. The van der Waals surface area contributed by atoms with Crippen molar-refractivity contribution >= 4 is 8.53 Å². The van der Waals surface area contributed by atoms with Crippen molar-refractivity contribution in [1.82, 2.24) is 14.2 Å². The molecule has 2 fully saturated rings. The van der Waals surface area contributed by atoms with E-state index >= 15 is 0 Å². The number of aromatic amines is 1. The van der Waals surface area contributed by atoms with Gasteiger partial charge in [0.25, 0.3) is 14.1 Å². The molecule has 1 aromatic heterocycles. The highest BCUT2D eigenvalue weighted by Crippen LogP contribution is 2.56. The Bertz CT molecular complexity index is 1940. The molecular weight excluding hydrogens is 711 g/mol. The second-order valence-corrected chi connectivity index (χ2v) is 15.1. The van der Waals surface area contributed by atoms with Gasteiger partial charge in [0.1, 0.15) is 34.9 Å². The third-order valence-electron chi connectivity index (χ3n) is 9.67. The minimum absolute atomic E-state index is 0.0276. The lowest BCUT2D eigenvalue weighted by atomic mass is 9.79. The van der Waals surface area contributed by atoms with Gasteiger partial charge in [0, 0.05) is 24.3 Å². The molecule has 5 unspecified atom stereocenters. The monoisotopic (exact) mass is 758 g/mol. The first-order valence-electron chi connectivity index (χ1n) is 17.9. The van der Waals surface area contributed by atoms with Crippen molar-refractivity contribution in [2.45, 2.75) is 75.8 Å². The van der Waals surface area contributed by atoms with E-state index in [1.807, 2.05) is 78.9 Å². The van der Waals surface area contributed by atoms with Crippen LogP contribution in [-0.2, 0) is 28.9 Å². The highest BCUT2D eigenvalue weighted by molar-refractivity contribution is 7.44. The molecule has 14 heteroatoms. The zero-order valence-corrected chi connectivity index (χ0v) is 32.2. The van der Waals surface area contributed by atoms with E-state index in [2.05, 4.69) is 43.4 Å². The molecule has 5 atom stereocenters. The van der Waals surface area contributed by atoms with Gasteiger partial charge >= 0.3 is 5.69 Å². The van der Waals surface area contributed by atoms with Crippen LogP contribution < -0.4 is 20.7 Å². The third kappa shape index (κ3) is 7.74. The molecule has 0 spiro atoms.